The zero-order valence-corrected chi connectivity index (χ0v) is 14.1. The Kier molecular flexibility index (Phi) is 5.22. The maximum Gasteiger partial charge on any atom is 0.330 e. The number of carbonyl (C=O) groups is 1. The SMILES string of the molecule is CC(=CC(c1ccc(N(C)C)cc1)c1cccc(C)c1)C(=O)O. The van der Waals surface area contributed by atoms with Gasteiger partial charge >= 0.3 is 5.97 Å². The number of rotatable bonds is 5. The van der Waals surface area contributed by atoms with Crippen LogP contribution >= 0.6 is 0 Å². The van der Waals surface area contributed by atoms with Gasteiger partial charge in [0.05, 0.1) is 0 Å². The largest absolute Gasteiger partial charge is 0.478 e. The summed E-state index contributed by atoms with van der Waals surface area (Å²) in [5.41, 5.74) is 4.83. The monoisotopic (exact) mass is 309 g/mol. The number of aliphatic carboxylic acids is 1. The molecule has 0 saturated heterocycles. The fourth-order valence-electron chi connectivity index (χ4n) is 2.55. The Morgan fingerprint density at radius 1 is 1.09 bits per heavy atom. The zero-order valence-electron chi connectivity index (χ0n) is 14.1. The van der Waals surface area contributed by atoms with Gasteiger partial charge in [0.2, 0.25) is 0 Å². The molecule has 1 atom stereocenters. The molecule has 0 heterocycles. The highest BCUT2D eigenvalue weighted by Gasteiger charge is 2.14. The van der Waals surface area contributed by atoms with Gasteiger partial charge in [-0.3, -0.25) is 0 Å². The molecule has 0 aliphatic carbocycles. The summed E-state index contributed by atoms with van der Waals surface area (Å²) in [6.45, 7) is 3.68. The van der Waals surface area contributed by atoms with Crippen LogP contribution in [0.3, 0.4) is 0 Å². The summed E-state index contributed by atoms with van der Waals surface area (Å²) < 4.78 is 0. The average Bonchev–Trinajstić information content (AvgIpc) is 2.52. The van der Waals surface area contributed by atoms with Crippen LogP contribution in [0, 0.1) is 6.92 Å². The first-order valence-electron chi connectivity index (χ1n) is 7.64. The third-order valence-corrected chi connectivity index (χ3v) is 3.92. The van der Waals surface area contributed by atoms with E-state index in [9.17, 15) is 9.90 Å². The van der Waals surface area contributed by atoms with Crippen LogP contribution in [-0.4, -0.2) is 25.2 Å². The van der Waals surface area contributed by atoms with Gasteiger partial charge in [0.1, 0.15) is 0 Å². The second-order valence-corrected chi connectivity index (χ2v) is 6.03. The molecule has 0 spiro atoms. The zero-order chi connectivity index (χ0) is 17.0. The molecule has 2 aromatic carbocycles. The normalized spacial score (nSPS) is 12.8. The Morgan fingerprint density at radius 3 is 2.26 bits per heavy atom. The van der Waals surface area contributed by atoms with Crippen LogP contribution < -0.4 is 4.90 Å². The minimum atomic E-state index is -0.882. The van der Waals surface area contributed by atoms with Gasteiger partial charge in [-0.05, 0) is 37.1 Å². The molecule has 23 heavy (non-hydrogen) atoms. The van der Waals surface area contributed by atoms with E-state index in [1.54, 1.807) is 6.92 Å². The van der Waals surface area contributed by atoms with Crippen molar-refractivity contribution in [3.63, 3.8) is 0 Å². The van der Waals surface area contributed by atoms with Crippen molar-refractivity contribution in [2.45, 2.75) is 19.8 Å². The lowest BCUT2D eigenvalue weighted by atomic mass is 9.88. The molecule has 3 nitrogen and oxygen atoms in total. The van der Waals surface area contributed by atoms with Crippen LogP contribution in [0.15, 0.2) is 60.2 Å². The minimum absolute atomic E-state index is 0.0674. The number of allylic oxidation sites excluding steroid dienone is 1. The third-order valence-electron chi connectivity index (χ3n) is 3.92. The number of carboxylic acids is 1. The first-order valence-corrected chi connectivity index (χ1v) is 7.64. The maximum atomic E-state index is 11.2. The molecule has 0 radical (unpaired) electrons. The minimum Gasteiger partial charge on any atom is -0.478 e. The highest BCUT2D eigenvalue weighted by atomic mass is 16.4. The second-order valence-electron chi connectivity index (χ2n) is 6.03. The molecule has 2 aromatic rings. The van der Waals surface area contributed by atoms with E-state index in [1.807, 2.05) is 50.2 Å². The number of benzene rings is 2. The van der Waals surface area contributed by atoms with E-state index in [1.165, 1.54) is 5.56 Å². The summed E-state index contributed by atoms with van der Waals surface area (Å²) in [5, 5.41) is 9.22. The highest BCUT2D eigenvalue weighted by molar-refractivity contribution is 5.86. The van der Waals surface area contributed by atoms with Gasteiger partial charge in [0, 0.05) is 31.3 Å². The summed E-state index contributed by atoms with van der Waals surface area (Å²) in [5.74, 6) is -0.949. The Balaban J connectivity index is 2.49. The maximum absolute atomic E-state index is 11.2. The molecular formula is C20H23NO2. The average molecular weight is 309 g/mol. The van der Waals surface area contributed by atoms with Crippen molar-refractivity contribution in [3.05, 3.63) is 76.9 Å². The van der Waals surface area contributed by atoms with Gasteiger partial charge < -0.3 is 10.0 Å². The van der Waals surface area contributed by atoms with Crippen LogP contribution in [-0.2, 0) is 4.79 Å². The number of anilines is 1. The van der Waals surface area contributed by atoms with Crippen LogP contribution in [0.2, 0.25) is 0 Å². The topological polar surface area (TPSA) is 40.5 Å². The molecule has 0 saturated carbocycles. The summed E-state index contributed by atoms with van der Waals surface area (Å²) in [6, 6.07) is 16.4. The molecule has 0 aliphatic rings. The van der Waals surface area contributed by atoms with E-state index in [2.05, 4.69) is 30.3 Å². The van der Waals surface area contributed by atoms with Gasteiger partial charge in [-0.15, -0.1) is 0 Å². The van der Waals surface area contributed by atoms with E-state index >= 15 is 0 Å². The van der Waals surface area contributed by atoms with Crippen LogP contribution in [0.5, 0.6) is 0 Å². The molecule has 0 amide bonds. The lowest BCUT2D eigenvalue weighted by molar-refractivity contribution is -0.132. The molecule has 2 rings (SSSR count). The lowest BCUT2D eigenvalue weighted by Gasteiger charge is -2.18. The number of nitrogens with zero attached hydrogens (tertiary/aromatic N) is 1. The predicted octanol–water partition coefficient (Wildman–Crippen LogP) is 4.22. The summed E-state index contributed by atoms with van der Waals surface area (Å²) in [7, 11) is 4.00. The second kappa shape index (κ2) is 7.14. The Hall–Kier alpha value is -2.55. The number of hydrogen-bond donors (Lipinski definition) is 1. The fraction of sp³-hybridized carbons (Fsp3) is 0.250. The summed E-state index contributed by atoms with van der Waals surface area (Å²) in [4.78, 5) is 13.3. The Labute approximate surface area is 137 Å². The molecule has 0 aromatic heterocycles. The van der Waals surface area contributed by atoms with Crippen molar-refractivity contribution in [3.8, 4) is 0 Å². The van der Waals surface area contributed by atoms with Crippen molar-refractivity contribution in [2.24, 2.45) is 0 Å². The van der Waals surface area contributed by atoms with Crippen LogP contribution in [0.25, 0.3) is 0 Å². The Bertz CT molecular complexity index is 715. The lowest BCUT2D eigenvalue weighted by Crippen LogP contribution is -2.09. The van der Waals surface area contributed by atoms with E-state index in [4.69, 9.17) is 0 Å². The van der Waals surface area contributed by atoms with E-state index in [-0.39, 0.29) is 5.92 Å². The fourth-order valence-corrected chi connectivity index (χ4v) is 2.55. The number of aryl methyl sites for hydroxylation is 1. The first kappa shape index (κ1) is 16.8. The number of hydrogen-bond acceptors (Lipinski definition) is 2. The van der Waals surface area contributed by atoms with Gasteiger partial charge in [0.15, 0.2) is 0 Å². The molecular weight excluding hydrogens is 286 g/mol. The molecule has 1 unspecified atom stereocenters. The quantitative estimate of drug-likeness (QED) is 0.841. The van der Waals surface area contributed by atoms with Gasteiger partial charge in [-0.2, -0.15) is 0 Å². The predicted molar refractivity (Wildman–Crippen MR) is 95.2 cm³/mol. The van der Waals surface area contributed by atoms with Crippen molar-refractivity contribution >= 4 is 11.7 Å². The van der Waals surface area contributed by atoms with Crippen molar-refractivity contribution in [2.75, 3.05) is 19.0 Å². The van der Waals surface area contributed by atoms with Crippen molar-refractivity contribution < 1.29 is 9.90 Å². The van der Waals surface area contributed by atoms with Crippen molar-refractivity contribution in [1.29, 1.82) is 0 Å². The van der Waals surface area contributed by atoms with Crippen LogP contribution in [0.1, 0.15) is 29.5 Å². The highest BCUT2D eigenvalue weighted by Crippen LogP contribution is 2.29. The summed E-state index contributed by atoms with van der Waals surface area (Å²) in [6.07, 6.45) is 1.82. The molecule has 120 valence electrons. The van der Waals surface area contributed by atoms with E-state index in [0.29, 0.717) is 5.57 Å². The van der Waals surface area contributed by atoms with Gasteiger partial charge in [-0.25, -0.2) is 4.79 Å². The van der Waals surface area contributed by atoms with E-state index < -0.39 is 5.97 Å². The Morgan fingerprint density at radius 2 is 1.74 bits per heavy atom. The smallest absolute Gasteiger partial charge is 0.330 e. The molecule has 3 heteroatoms. The standard InChI is InChI=1S/C20H23NO2/c1-14-6-5-7-17(12-14)19(13-15(2)20(22)23)16-8-10-18(11-9-16)21(3)4/h5-13,19H,1-4H3,(H,22,23). The van der Waals surface area contributed by atoms with E-state index in [0.717, 1.165) is 16.8 Å². The van der Waals surface area contributed by atoms with Crippen molar-refractivity contribution in [1.82, 2.24) is 0 Å². The van der Waals surface area contributed by atoms with Gasteiger partial charge in [-0.1, -0.05) is 48.0 Å². The molecule has 1 N–H and O–H groups in total. The third kappa shape index (κ3) is 4.22. The molecule has 0 aliphatic heterocycles. The number of carboxylic acid groups (broad SMARTS) is 1. The summed E-state index contributed by atoms with van der Waals surface area (Å²) >= 11 is 0. The van der Waals surface area contributed by atoms with Gasteiger partial charge in [0.25, 0.3) is 0 Å². The first-order chi connectivity index (χ1) is 10.9. The van der Waals surface area contributed by atoms with Crippen LogP contribution in [0.4, 0.5) is 5.69 Å². The molecule has 0 bridgehead atoms. The molecule has 0 fully saturated rings.